The van der Waals surface area contributed by atoms with Gasteiger partial charge in [0.15, 0.2) is 0 Å². The highest BCUT2D eigenvalue weighted by molar-refractivity contribution is 7.89. The minimum atomic E-state index is -3.78. The minimum Gasteiger partial charge on any atom is -0.495 e. The van der Waals surface area contributed by atoms with Gasteiger partial charge >= 0.3 is 0 Å². The first-order chi connectivity index (χ1) is 13.2. The molecular weight excluding hydrogens is 423 g/mol. The number of rotatable bonds is 7. The second-order valence-corrected chi connectivity index (χ2v) is 9.15. The molecule has 1 aliphatic rings. The zero-order valence-electron chi connectivity index (χ0n) is 15.3. The Bertz CT molecular complexity index is 1010. The molecular formula is C19H20Cl2N2O4S. The first kappa shape index (κ1) is 20.9. The summed E-state index contributed by atoms with van der Waals surface area (Å²) in [5.41, 5.74) is 0.907. The molecule has 2 N–H and O–H groups in total. The number of carbonyl (C=O) groups is 1. The summed E-state index contributed by atoms with van der Waals surface area (Å²) in [6, 6.07) is 8.86. The standard InChI is InChI=1S/C19H20Cl2N2O4S/c1-11(15-7-4-13(20)10-16(15)21)22-19(24)12-3-8-17(27-2)18(9-12)28(25,26)23-14-5-6-14/h3-4,7-11,14,23H,5-6H2,1-2H3,(H,22,24)/t11-/m0/s1. The van der Waals surface area contributed by atoms with Crippen molar-refractivity contribution < 1.29 is 17.9 Å². The topological polar surface area (TPSA) is 84.5 Å². The first-order valence-electron chi connectivity index (χ1n) is 8.67. The Balaban J connectivity index is 1.84. The number of halogens is 2. The molecule has 3 rings (SSSR count). The van der Waals surface area contributed by atoms with Gasteiger partial charge in [-0.3, -0.25) is 4.79 Å². The normalized spacial score (nSPS) is 15.1. The van der Waals surface area contributed by atoms with Crippen LogP contribution < -0.4 is 14.8 Å². The average molecular weight is 443 g/mol. The van der Waals surface area contributed by atoms with Gasteiger partial charge in [-0.2, -0.15) is 0 Å². The number of amides is 1. The quantitative estimate of drug-likeness (QED) is 0.679. The predicted octanol–water partition coefficient (Wildman–Crippen LogP) is 3.93. The van der Waals surface area contributed by atoms with Gasteiger partial charge in [0.05, 0.1) is 13.2 Å². The van der Waals surface area contributed by atoms with E-state index in [1.165, 1.54) is 25.3 Å². The Morgan fingerprint density at radius 1 is 1.18 bits per heavy atom. The number of carbonyl (C=O) groups excluding carboxylic acids is 1. The molecule has 1 fully saturated rings. The third kappa shape index (κ3) is 4.78. The molecule has 0 bridgehead atoms. The van der Waals surface area contributed by atoms with Crippen molar-refractivity contribution in [1.29, 1.82) is 0 Å². The molecule has 0 heterocycles. The lowest BCUT2D eigenvalue weighted by Crippen LogP contribution is -2.28. The van der Waals surface area contributed by atoms with Crippen molar-refractivity contribution in [3.63, 3.8) is 0 Å². The van der Waals surface area contributed by atoms with Crippen LogP contribution in [0.3, 0.4) is 0 Å². The molecule has 0 spiro atoms. The lowest BCUT2D eigenvalue weighted by Gasteiger charge is -2.17. The molecule has 1 aliphatic carbocycles. The summed E-state index contributed by atoms with van der Waals surface area (Å²) < 4.78 is 33.0. The van der Waals surface area contributed by atoms with Gasteiger partial charge in [-0.25, -0.2) is 13.1 Å². The minimum absolute atomic E-state index is 0.0562. The van der Waals surface area contributed by atoms with Crippen molar-refractivity contribution in [2.45, 2.75) is 36.7 Å². The Kier molecular flexibility index (Phi) is 6.19. The van der Waals surface area contributed by atoms with Gasteiger partial charge in [0, 0.05) is 21.7 Å². The third-order valence-electron chi connectivity index (χ3n) is 4.39. The lowest BCUT2D eigenvalue weighted by molar-refractivity contribution is 0.0939. The second-order valence-electron chi connectivity index (χ2n) is 6.62. The van der Waals surface area contributed by atoms with Crippen LogP contribution in [-0.2, 0) is 10.0 Å². The monoisotopic (exact) mass is 442 g/mol. The van der Waals surface area contributed by atoms with Gasteiger partial charge in [0.2, 0.25) is 10.0 Å². The Morgan fingerprint density at radius 2 is 1.89 bits per heavy atom. The molecule has 150 valence electrons. The second kappa shape index (κ2) is 8.29. The van der Waals surface area contributed by atoms with E-state index in [-0.39, 0.29) is 22.3 Å². The number of ether oxygens (including phenoxy) is 1. The number of hydrogen-bond acceptors (Lipinski definition) is 4. The van der Waals surface area contributed by atoms with Crippen LogP contribution >= 0.6 is 23.2 Å². The fraction of sp³-hybridized carbons (Fsp3) is 0.316. The van der Waals surface area contributed by atoms with Gasteiger partial charge < -0.3 is 10.1 Å². The van der Waals surface area contributed by atoms with E-state index in [0.717, 1.165) is 12.8 Å². The number of methoxy groups -OCH3 is 1. The van der Waals surface area contributed by atoms with Gasteiger partial charge in [-0.1, -0.05) is 29.3 Å². The van der Waals surface area contributed by atoms with Crippen LogP contribution in [0.15, 0.2) is 41.3 Å². The molecule has 0 radical (unpaired) electrons. The van der Waals surface area contributed by atoms with Crippen LogP contribution in [0.2, 0.25) is 10.0 Å². The Morgan fingerprint density at radius 3 is 2.50 bits per heavy atom. The van der Waals surface area contributed by atoms with Crippen molar-refractivity contribution in [3.8, 4) is 5.75 Å². The molecule has 2 aromatic rings. The molecule has 0 saturated heterocycles. The van der Waals surface area contributed by atoms with Gasteiger partial charge in [-0.05, 0) is 55.7 Å². The highest BCUT2D eigenvalue weighted by atomic mass is 35.5. The number of benzene rings is 2. The maximum absolute atomic E-state index is 12.7. The molecule has 0 unspecified atom stereocenters. The van der Waals surface area contributed by atoms with E-state index in [1.807, 2.05) is 0 Å². The summed E-state index contributed by atoms with van der Waals surface area (Å²) in [4.78, 5) is 12.6. The maximum Gasteiger partial charge on any atom is 0.251 e. The zero-order chi connectivity index (χ0) is 20.5. The van der Waals surface area contributed by atoms with E-state index >= 15 is 0 Å². The molecule has 1 saturated carbocycles. The van der Waals surface area contributed by atoms with E-state index in [9.17, 15) is 13.2 Å². The van der Waals surface area contributed by atoms with Crippen LogP contribution in [-0.4, -0.2) is 27.5 Å². The highest BCUT2D eigenvalue weighted by Crippen LogP contribution is 2.29. The van der Waals surface area contributed by atoms with E-state index < -0.39 is 22.0 Å². The molecule has 0 aliphatic heterocycles. The molecule has 6 nitrogen and oxygen atoms in total. The van der Waals surface area contributed by atoms with E-state index in [4.69, 9.17) is 27.9 Å². The van der Waals surface area contributed by atoms with Crippen LogP contribution in [0, 0.1) is 0 Å². The largest absolute Gasteiger partial charge is 0.495 e. The van der Waals surface area contributed by atoms with Crippen molar-refractivity contribution in [2.24, 2.45) is 0 Å². The van der Waals surface area contributed by atoms with Crippen molar-refractivity contribution in [3.05, 3.63) is 57.6 Å². The van der Waals surface area contributed by atoms with Crippen molar-refractivity contribution in [1.82, 2.24) is 10.0 Å². The smallest absolute Gasteiger partial charge is 0.251 e. The highest BCUT2D eigenvalue weighted by Gasteiger charge is 2.30. The van der Waals surface area contributed by atoms with Crippen molar-refractivity contribution in [2.75, 3.05) is 7.11 Å². The molecule has 28 heavy (non-hydrogen) atoms. The molecule has 2 aromatic carbocycles. The van der Waals surface area contributed by atoms with Gasteiger partial charge in [-0.15, -0.1) is 0 Å². The number of hydrogen-bond donors (Lipinski definition) is 2. The third-order valence-corrected chi connectivity index (χ3v) is 6.50. The fourth-order valence-corrected chi connectivity index (χ4v) is 4.79. The summed E-state index contributed by atoms with van der Waals surface area (Å²) >= 11 is 12.1. The average Bonchev–Trinajstić information content (AvgIpc) is 3.44. The van der Waals surface area contributed by atoms with Crippen LogP contribution in [0.4, 0.5) is 0 Å². The van der Waals surface area contributed by atoms with Crippen LogP contribution in [0.1, 0.15) is 41.7 Å². The molecule has 9 heteroatoms. The van der Waals surface area contributed by atoms with Gasteiger partial charge in [0.25, 0.3) is 5.91 Å². The van der Waals surface area contributed by atoms with Crippen molar-refractivity contribution >= 4 is 39.1 Å². The molecule has 1 atom stereocenters. The summed E-state index contributed by atoms with van der Waals surface area (Å²) in [5, 5.41) is 3.76. The first-order valence-corrected chi connectivity index (χ1v) is 10.9. The predicted molar refractivity (Wildman–Crippen MR) is 109 cm³/mol. The lowest BCUT2D eigenvalue weighted by atomic mass is 10.1. The summed E-state index contributed by atoms with van der Waals surface area (Å²) in [5.74, 6) is -0.248. The zero-order valence-corrected chi connectivity index (χ0v) is 17.7. The van der Waals surface area contributed by atoms with Crippen LogP contribution in [0.5, 0.6) is 5.75 Å². The van der Waals surface area contributed by atoms with E-state index in [2.05, 4.69) is 10.0 Å². The van der Waals surface area contributed by atoms with E-state index in [1.54, 1.807) is 25.1 Å². The molecule has 1 amide bonds. The maximum atomic E-state index is 12.7. The summed E-state index contributed by atoms with van der Waals surface area (Å²) in [6.45, 7) is 1.78. The Labute approximate surface area is 174 Å². The summed E-state index contributed by atoms with van der Waals surface area (Å²) in [7, 11) is -2.39. The van der Waals surface area contributed by atoms with E-state index in [0.29, 0.717) is 15.6 Å². The summed E-state index contributed by atoms with van der Waals surface area (Å²) in [6.07, 6.45) is 1.61. The number of nitrogens with one attached hydrogen (secondary N) is 2. The number of sulfonamides is 1. The SMILES string of the molecule is COc1ccc(C(=O)N[C@@H](C)c2ccc(Cl)cc2Cl)cc1S(=O)(=O)NC1CC1. The van der Waals surface area contributed by atoms with Gasteiger partial charge in [0.1, 0.15) is 10.6 Å². The fourth-order valence-electron chi connectivity index (χ4n) is 2.72. The van der Waals surface area contributed by atoms with Crippen LogP contribution in [0.25, 0.3) is 0 Å². The Hall–Kier alpha value is -1.80. The molecule has 0 aromatic heterocycles.